The number of aromatic nitrogens is 5. The molecule has 0 unspecified atom stereocenters. The highest BCUT2D eigenvalue weighted by molar-refractivity contribution is 5.79. The average Bonchev–Trinajstić information content (AvgIpc) is 3.05. The van der Waals surface area contributed by atoms with Gasteiger partial charge in [0.05, 0.1) is 6.54 Å². The zero-order valence-corrected chi connectivity index (χ0v) is 13.9. The molecule has 7 nitrogen and oxygen atoms in total. The van der Waals surface area contributed by atoms with Crippen molar-refractivity contribution in [3.8, 4) is 0 Å². The number of nitrogens with one attached hydrogen (secondary N) is 1. The van der Waals surface area contributed by atoms with Crippen LogP contribution < -0.4 is 5.32 Å². The first-order valence-corrected chi connectivity index (χ1v) is 7.58. The van der Waals surface area contributed by atoms with Crippen molar-refractivity contribution in [2.75, 3.05) is 6.54 Å². The van der Waals surface area contributed by atoms with Crippen LogP contribution in [-0.2, 0) is 11.3 Å². The van der Waals surface area contributed by atoms with E-state index in [0.717, 1.165) is 17.5 Å². The zero-order chi connectivity index (χ0) is 16.3. The van der Waals surface area contributed by atoms with Gasteiger partial charge in [0.15, 0.2) is 0 Å². The highest BCUT2D eigenvalue weighted by Crippen LogP contribution is 2.17. The van der Waals surface area contributed by atoms with Gasteiger partial charge in [-0.25, -0.2) is 14.6 Å². The van der Waals surface area contributed by atoms with E-state index >= 15 is 0 Å². The summed E-state index contributed by atoms with van der Waals surface area (Å²) in [6.45, 7) is 10.9. The summed E-state index contributed by atoms with van der Waals surface area (Å²) in [7, 11) is 0. The topological polar surface area (TPSA) is 77.6 Å². The number of rotatable bonds is 6. The first kappa shape index (κ1) is 16.2. The van der Waals surface area contributed by atoms with E-state index in [1.165, 1.54) is 0 Å². The third-order valence-electron chi connectivity index (χ3n) is 3.60. The van der Waals surface area contributed by atoms with Gasteiger partial charge in [-0.1, -0.05) is 13.8 Å². The van der Waals surface area contributed by atoms with Crippen LogP contribution >= 0.6 is 0 Å². The number of carbonyl (C=O) groups is 1. The maximum absolute atomic E-state index is 12.3. The molecule has 0 aromatic carbocycles. The molecule has 2 heterocycles. The summed E-state index contributed by atoms with van der Waals surface area (Å²) in [6.07, 6.45) is 3.59. The largest absolute Gasteiger partial charge is 0.352 e. The Labute approximate surface area is 130 Å². The Balaban J connectivity index is 1.92. The maximum atomic E-state index is 12.3. The second kappa shape index (κ2) is 6.72. The van der Waals surface area contributed by atoms with Gasteiger partial charge in [0.2, 0.25) is 5.91 Å². The molecule has 1 atom stereocenters. The number of hydrogen-bond donors (Lipinski definition) is 1. The van der Waals surface area contributed by atoms with E-state index in [4.69, 9.17) is 0 Å². The molecular formula is C15H24N6O. The molecule has 120 valence electrons. The average molecular weight is 304 g/mol. The van der Waals surface area contributed by atoms with E-state index in [-0.39, 0.29) is 17.9 Å². The monoisotopic (exact) mass is 304 g/mol. The molecule has 2 rings (SSSR count). The smallest absolute Gasteiger partial charge is 0.242 e. The predicted molar refractivity (Wildman–Crippen MR) is 83.5 cm³/mol. The summed E-state index contributed by atoms with van der Waals surface area (Å²) in [5.74, 6) is 2.79. The molecule has 0 saturated heterocycles. The van der Waals surface area contributed by atoms with Gasteiger partial charge in [-0.3, -0.25) is 4.79 Å². The summed E-state index contributed by atoms with van der Waals surface area (Å²) in [6, 6.07) is -0.279. The van der Waals surface area contributed by atoms with Gasteiger partial charge < -0.3 is 9.88 Å². The Hall–Kier alpha value is -2.18. The predicted octanol–water partition coefficient (Wildman–Crippen LogP) is 1.59. The lowest BCUT2D eigenvalue weighted by atomic mass is 10.2. The van der Waals surface area contributed by atoms with Crippen LogP contribution in [-0.4, -0.2) is 36.8 Å². The molecule has 22 heavy (non-hydrogen) atoms. The van der Waals surface area contributed by atoms with Crippen LogP contribution in [0.1, 0.15) is 50.2 Å². The number of carbonyl (C=O) groups excluding carboxylic acids is 1. The minimum Gasteiger partial charge on any atom is -0.352 e. The fraction of sp³-hybridized carbons (Fsp3) is 0.600. The van der Waals surface area contributed by atoms with Crippen LogP contribution in [0.4, 0.5) is 0 Å². The Morgan fingerprint density at radius 2 is 2.05 bits per heavy atom. The molecule has 2 aromatic heterocycles. The zero-order valence-electron chi connectivity index (χ0n) is 13.9. The third kappa shape index (κ3) is 3.52. The lowest BCUT2D eigenvalue weighted by Gasteiger charge is -2.17. The minimum absolute atomic E-state index is 0.0191. The first-order chi connectivity index (χ1) is 10.4. The van der Waals surface area contributed by atoms with Crippen LogP contribution in [0.5, 0.6) is 0 Å². The molecule has 1 N–H and O–H groups in total. The van der Waals surface area contributed by atoms with E-state index in [0.29, 0.717) is 13.1 Å². The first-order valence-electron chi connectivity index (χ1n) is 7.58. The number of imidazole rings is 1. The Morgan fingerprint density at radius 3 is 2.64 bits per heavy atom. The van der Waals surface area contributed by atoms with Gasteiger partial charge >= 0.3 is 0 Å². The molecule has 0 saturated carbocycles. The highest BCUT2D eigenvalue weighted by atomic mass is 16.2. The standard InChI is InChI=1S/C15H24N6O/c1-10(2)14-16-6-8-20(14)11(3)15(22)17-7-9-21-13(5)18-12(4)19-21/h6,8,10-11H,7,9H2,1-5H3,(H,17,22)/t11-/m0/s1. The fourth-order valence-electron chi connectivity index (χ4n) is 2.43. The van der Waals surface area contributed by atoms with Crippen molar-refractivity contribution >= 4 is 5.91 Å². The molecule has 0 aliphatic heterocycles. The number of hydrogen-bond acceptors (Lipinski definition) is 4. The van der Waals surface area contributed by atoms with Crippen LogP contribution in [0.25, 0.3) is 0 Å². The van der Waals surface area contributed by atoms with Crippen molar-refractivity contribution < 1.29 is 4.79 Å². The van der Waals surface area contributed by atoms with Crippen molar-refractivity contribution in [3.63, 3.8) is 0 Å². The molecular weight excluding hydrogens is 280 g/mol. The number of nitrogens with zero attached hydrogens (tertiary/aromatic N) is 5. The Kier molecular flexibility index (Phi) is 4.95. The van der Waals surface area contributed by atoms with E-state index in [1.807, 2.05) is 31.5 Å². The second-order valence-electron chi connectivity index (χ2n) is 5.74. The molecule has 0 bridgehead atoms. The third-order valence-corrected chi connectivity index (χ3v) is 3.60. The molecule has 1 amide bonds. The summed E-state index contributed by atoms with van der Waals surface area (Å²) >= 11 is 0. The van der Waals surface area contributed by atoms with Crippen LogP contribution in [0.15, 0.2) is 12.4 Å². The molecule has 7 heteroatoms. The Bertz CT molecular complexity index is 642. The molecule has 0 radical (unpaired) electrons. The molecule has 0 fully saturated rings. The summed E-state index contributed by atoms with van der Waals surface area (Å²) in [5, 5.41) is 7.22. The van der Waals surface area contributed by atoms with Crippen molar-refractivity contribution in [2.24, 2.45) is 0 Å². The van der Waals surface area contributed by atoms with E-state index < -0.39 is 0 Å². The molecule has 0 spiro atoms. The van der Waals surface area contributed by atoms with Gasteiger partial charge in [0, 0.05) is 24.9 Å². The summed E-state index contributed by atoms with van der Waals surface area (Å²) < 4.78 is 3.72. The molecule has 0 aliphatic carbocycles. The van der Waals surface area contributed by atoms with Crippen LogP contribution in [0.2, 0.25) is 0 Å². The summed E-state index contributed by atoms with van der Waals surface area (Å²) in [5.41, 5.74) is 0. The van der Waals surface area contributed by atoms with E-state index in [1.54, 1.807) is 10.9 Å². The van der Waals surface area contributed by atoms with Gasteiger partial charge in [0.1, 0.15) is 23.5 Å². The van der Waals surface area contributed by atoms with E-state index in [2.05, 4.69) is 34.2 Å². The van der Waals surface area contributed by atoms with Crippen LogP contribution in [0, 0.1) is 13.8 Å². The molecule has 2 aromatic rings. The highest BCUT2D eigenvalue weighted by Gasteiger charge is 2.18. The normalized spacial score (nSPS) is 12.6. The summed E-state index contributed by atoms with van der Waals surface area (Å²) in [4.78, 5) is 20.9. The van der Waals surface area contributed by atoms with Crippen molar-refractivity contribution in [3.05, 3.63) is 29.9 Å². The maximum Gasteiger partial charge on any atom is 0.242 e. The van der Waals surface area contributed by atoms with E-state index in [9.17, 15) is 4.79 Å². The lowest BCUT2D eigenvalue weighted by molar-refractivity contribution is -0.123. The second-order valence-corrected chi connectivity index (χ2v) is 5.74. The van der Waals surface area contributed by atoms with Crippen LogP contribution in [0.3, 0.4) is 0 Å². The Morgan fingerprint density at radius 1 is 1.32 bits per heavy atom. The van der Waals surface area contributed by atoms with Crippen molar-refractivity contribution in [1.29, 1.82) is 0 Å². The number of amides is 1. The van der Waals surface area contributed by atoms with Crippen molar-refractivity contribution in [1.82, 2.24) is 29.6 Å². The quantitative estimate of drug-likeness (QED) is 0.879. The fourth-order valence-corrected chi connectivity index (χ4v) is 2.43. The van der Waals surface area contributed by atoms with Crippen molar-refractivity contribution in [2.45, 2.75) is 53.1 Å². The molecule has 0 aliphatic rings. The van der Waals surface area contributed by atoms with Gasteiger partial charge in [-0.05, 0) is 20.8 Å². The van der Waals surface area contributed by atoms with Gasteiger partial charge in [-0.2, -0.15) is 5.10 Å². The minimum atomic E-state index is -0.279. The lowest BCUT2D eigenvalue weighted by Crippen LogP contribution is -2.34. The SMILES string of the molecule is Cc1nc(C)n(CCNC(=O)[C@H](C)n2ccnc2C(C)C)n1. The number of aryl methyl sites for hydroxylation is 2. The van der Waals surface area contributed by atoms with Gasteiger partial charge in [0.25, 0.3) is 0 Å². The van der Waals surface area contributed by atoms with Gasteiger partial charge in [-0.15, -0.1) is 0 Å².